The molecule has 0 aromatic heterocycles. The first-order chi connectivity index (χ1) is 30.0. The lowest BCUT2D eigenvalue weighted by atomic mass is 10.00. The summed E-state index contributed by atoms with van der Waals surface area (Å²) in [5.41, 5.74) is 0. The van der Waals surface area contributed by atoms with Crippen molar-refractivity contribution in [2.24, 2.45) is 0 Å². The highest BCUT2D eigenvalue weighted by Crippen LogP contribution is 2.24. The molecule has 1 aliphatic rings. The fraction of sp³-hybridized carbons (Fsp3) is 0.673. The molecule has 0 bridgehead atoms. The van der Waals surface area contributed by atoms with Crippen molar-refractivity contribution in [3.05, 3.63) is 85.1 Å². The van der Waals surface area contributed by atoms with E-state index in [-0.39, 0.29) is 19.4 Å². The lowest BCUT2D eigenvalue weighted by Gasteiger charge is -2.40. The van der Waals surface area contributed by atoms with Crippen LogP contribution in [0.3, 0.4) is 0 Å². The van der Waals surface area contributed by atoms with E-state index in [0.29, 0.717) is 12.8 Å². The van der Waals surface area contributed by atoms with Crippen LogP contribution in [0.5, 0.6) is 0 Å². The topological polar surface area (TPSA) is 186 Å². The molecule has 1 saturated heterocycles. The van der Waals surface area contributed by atoms with Crippen LogP contribution in [0.4, 0.5) is 0 Å². The van der Waals surface area contributed by atoms with Gasteiger partial charge in [-0.2, -0.15) is 8.42 Å². The van der Waals surface area contributed by atoms with Crippen LogP contribution >= 0.6 is 0 Å². The van der Waals surface area contributed by atoms with Crippen LogP contribution in [-0.4, -0.2) is 96.0 Å². The quantitative estimate of drug-likeness (QED) is 0.0201. The Morgan fingerprint density at radius 1 is 0.565 bits per heavy atom. The minimum atomic E-state index is -4.62. The summed E-state index contributed by atoms with van der Waals surface area (Å²) in [7, 11) is -4.62. The average Bonchev–Trinajstić information content (AvgIpc) is 3.24. The molecule has 0 saturated carbocycles. The number of aliphatic hydroxyl groups is 3. The maximum absolute atomic E-state index is 12.8. The first-order valence-electron chi connectivity index (χ1n) is 23.1. The molecule has 1 heterocycles. The van der Waals surface area contributed by atoms with E-state index in [4.69, 9.17) is 18.9 Å². The van der Waals surface area contributed by atoms with Gasteiger partial charge in [0.2, 0.25) is 0 Å². The molecule has 13 heteroatoms. The molecule has 0 amide bonds. The van der Waals surface area contributed by atoms with E-state index >= 15 is 0 Å². The standard InChI is InChI=1S/C49H80O12S/c1-3-5-7-9-11-13-15-17-19-20-21-22-24-25-27-29-31-33-35-37-44(50)58-39-42(40-59-49-48(54)47(53)46(52)43(61-49)41-62(55,56)57)60-45(51)38-36-34-32-30-28-26-23-18-16-14-12-10-8-6-4-2/h5,7,11,13,17-19,21-23,25,27-28,30,42-43,46-49,52-54H,3-4,6,8-10,12,14-16,20,24,26,29,31-41H2,1-2H3,(H,55,56,57)/b7-5+,13-11+,19-17+,22-21+,23-18+,27-25+,30-28+/t42-,43-,46-,47?,48?,49+/m1/s1. The van der Waals surface area contributed by atoms with Gasteiger partial charge in [0.1, 0.15) is 36.8 Å². The predicted molar refractivity (Wildman–Crippen MR) is 247 cm³/mol. The van der Waals surface area contributed by atoms with E-state index in [1.807, 2.05) is 0 Å². The van der Waals surface area contributed by atoms with Gasteiger partial charge in [0.15, 0.2) is 12.4 Å². The molecule has 354 valence electrons. The third-order valence-electron chi connectivity index (χ3n) is 9.96. The molecule has 4 N–H and O–H groups in total. The van der Waals surface area contributed by atoms with E-state index in [9.17, 15) is 37.9 Å². The second-order valence-corrected chi connectivity index (χ2v) is 17.2. The molecule has 12 nitrogen and oxygen atoms in total. The minimum Gasteiger partial charge on any atom is -0.462 e. The molecule has 0 aliphatic carbocycles. The second-order valence-electron chi connectivity index (χ2n) is 15.7. The molecule has 1 rings (SSSR count). The number of carbonyl (C=O) groups excluding carboxylic acids is 2. The molecule has 1 fully saturated rings. The van der Waals surface area contributed by atoms with Crippen molar-refractivity contribution in [2.45, 2.75) is 192 Å². The summed E-state index contributed by atoms with van der Waals surface area (Å²) in [6, 6.07) is 0. The zero-order valence-corrected chi connectivity index (χ0v) is 38.5. The summed E-state index contributed by atoms with van der Waals surface area (Å²) < 4.78 is 54.0. The SMILES string of the molecule is CC/C=C/C/C=C/C/C=C/C/C=C/C/C=C/CCCCCC(=O)OC[C@H](CO[C@H]1O[C@H](CS(=O)(=O)O)[C@@H](O)C(O)C1O)OC(=O)CCCC/C=C/C/C=C/CCCCCCCC. The van der Waals surface area contributed by atoms with Gasteiger partial charge < -0.3 is 34.3 Å². The van der Waals surface area contributed by atoms with Crippen LogP contribution in [0.1, 0.15) is 155 Å². The van der Waals surface area contributed by atoms with E-state index in [2.05, 4.69) is 98.9 Å². The Balaban J connectivity index is 2.49. The average molecular weight is 893 g/mol. The summed E-state index contributed by atoms with van der Waals surface area (Å²) in [6.45, 7) is 3.57. The van der Waals surface area contributed by atoms with Crippen LogP contribution in [0.25, 0.3) is 0 Å². The molecule has 0 aromatic rings. The Morgan fingerprint density at radius 2 is 1.02 bits per heavy atom. The minimum absolute atomic E-state index is 0.109. The molecule has 2 unspecified atom stereocenters. The normalized spacial score (nSPS) is 20.6. The van der Waals surface area contributed by atoms with Crippen molar-refractivity contribution in [1.82, 2.24) is 0 Å². The highest BCUT2D eigenvalue weighted by Gasteiger charge is 2.46. The molecular weight excluding hydrogens is 813 g/mol. The van der Waals surface area contributed by atoms with Gasteiger partial charge in [-0.25, -0.2) is 0 Å². The summed E-state index contributed by atoms with van der Waals surface area (Å²) >= 11 is 0. The van der Waals surface area contributed by atoms with Crippen LogP contribution in [-0.2, 0) is 38.7 Å². The van der Waals surface area contributed by atoms with Crippen molar-refractivity contribution in [3.8, 4) is 0 Å². The maximum Gasteiger partial charge on any atom is 0.306 e. The second kappa shape index (κ2) is 38.3. The number of hydrogen-bond acceptors (Lipinski definition) is 11. The number of hydrogen-bond donors (Lipinski definition) is 4. The predicted octanol–water partition coefficient (Wildman–Crippen LogP) is 9.67. The number of carbonyl (C=O) groups is 2. The number of allylic oxidation sites excluding steroid dienone is 14. The molecule has 6 atom stereocenters. The Hall–Kier alpha value is -3.17. The van der Waals surface area contributed by atoms with Crippen molar-refractivity contribution in [1.29, 1.82) is 0 Å². The van der Waals surface area contributed by atoms with Gasteiger partial charge >= 0.3 is 11.9 Å². The number of esters is 2. The zero-order valence-electron chi connectivity index (χ0n) is 37.7. The van der Waals surface area contributed by atoms with Crippen molar-refractivity contribution >= 4 is 22.1 Å². The molecule has 62 heavy (non-hydrogen) atoms. The fourth-order valence-electron chi connectivity index (χ4n) is 6.38. The fourth-order valence-corrected chi connectivity index (χ4v) is 7.07. The third-order valence-corrected chi connectivity index (χ3v) is 10.7. The number of rotatable bonds is 37. The summed E-state index contributed by atoms with van der Waals surface area (Å²) in [4.78, 5) is 25.4. The number of ether oxygens (including phenoxy) is 4. The Kier molecular flexibility index (Phi) is 35.1. The van der Waals surface area contributed by atoms with E-state index in [1.54, 1.807) is 0 Å². The van der Waals surface area contributed by atoms with Crippen LogP contribution in [0.2, 0.25) is 0 Å². The zero-order chi connectivity index (χ0) is 45.5. The Morgan fingerprint density at radius 3 is 1.55 bits per heavy atom. The summed E-state index contributed by atoms with van der Waals surface area (Å²) in [6.07, 6.45) is 40.6. The van der Waals surface area contributed by atoms with Gasteiger partial charge in [-0.05, 0) is 89.9 Å². The molecule has 0 aromatic carbocycles. The van der Waals surface area contributed by atoms with E-state index < -0.39 is 71.2 Å². The smallest absolute Gasteiger partial charge is 0.306 e. The highest BCUT2D eigenvalue weighted by molar-refractivity contribution is 7.85. The van der Waals surface area contributed by atoms with Gasteiger partial charge in [-0.15, -0.1) is 0 Å². The first-order valence-corrected chi connectivity index (χ1v) is 24.8. The van der Waals surface area contributed by atoms with Gasteiger partial charge in [-0.3, -0.25) is 14.1 Å². The monoisotopic (exact) mass is 893 g/mol. The van der Waals surface area contributed by atoms with Gasteiger partial charge in [0, 0.05) is 12.8 Å². The maximum atomic E-state index is 12.8. The lowest BCUT2D eigenvalue weighted by Crippen LogP contribution is -2.60. The van der Waals surface area contributed by atoms with Gasteiger partial charge in [0.05, 0.1) is 6.61 Å². The summed E-state index contributed by atoms with van der Waals surface area (Å²) in [5.74, 6) is -2.08. The molecular formula is C49H80O12S. The summed E-state index contributed by atoms with van der Waals surface area (Å²) in [5, 5.41) is 30.9. The van der Waals surface area contributed by atoms with Gasteiger partial charge in [-0.1, -0.05) is 137 Å². The number of aliphatic hydroxyl groups excluding tert-OH is 3. The van der Waals surface area contributed by atoms with Crippen LogP contribution < -0.4 is 0 Å². The van der Waals surface area contributed by atoms with Gasteiger partial charge in [0.25, 0.3) is 10.1 Å². The van der Waals surface area contributed by atoms with Crippen molar-refractivity contribution in [2.75, 3.05) is 19.0 Å². The third kappa shape index (κ3) is 32.5. The first kappa shape index (κ1) is 56.8. The largest absolute Gasteiger partial charge is 0.462 e. The van der Waals surface area contributed by atoms with Crippen LogP contribution in [0, 0.1) is 0 Å². The molecule has 0 radical (unpaired) electrons. The number of unbranched alkanes of at least 4 members (excludes halogenated alkanes) is 11. The van der Waals surface area contributed by atoms with Crippen LogP contribution in [0.15, 0.2) is 85.1 Å². The van der Waals surface area contributed by atoms with Crippen molar-refractivity contribution < 1.29 is 56.8 Å². The Labute approximate surface area is 373 Å². The van der Waals surface area contributed by atoms with E-state index in [0.717, 1.165) is 77.0 Å². The molecule has 0 spiro atoms. The molecule has 1 aliphatic heterocycles. The highest BCUT2D eigenvalue weighted by atomic mass is 32.2. The Bertz CT molecular complexity index is 1460. The van der Waals surface area contributed by atoms with Crippen molar-refractivity contribution in [3.63, 3.8) is 0 Å². The van der Waals surface area contributed by atoms with E-state index in [1.165, 1.54) is 38.5 Å². The lowest BCUT2D eigenvalue weighted by molar-refractivity contribution is -0.297.